The second-order valence-electron chi connectivity index (χ2n) is 4.52. The molecule has 0 amide bonds. The van der Waals surface area contributed by atoms with Crippen LogP contribution >= 0.6 is 0 Å². The highest BCUT2D eigenvalue weighted by Gasteiger charge is 2.23. The third-order valence-corrected chi connectivity index (χ3v) is 4.52. The van der Waals surface area contributed by atoms with Crippen molar-refractivity contribution in [3.05, 3.63) is 29.6 Å². The van der Waals surface area contributed by atoms with Gasteiger partial charge < -0.3 is 10.2 Å². The van der Waals surface area contributed by atoms with Gasteiger partial charge in [0.25, 0.3) is 0 Å². The number of hydrogen-bond donors (Lipinski definition) is 3. The molecule has 112 valence electrons. The van der Waals surface area contributed by atoms with Crippen molar-refractivity contribution < 1.29 is 27.8 Å². The Kier molecular flexibility index (Phi) is 5.21. The molecule has 6 nitrogen and oxygen atoms in total. The average Bonchev–Trinajstić information content (AvgIpc) is 2.36. The quantitative estimate of drug-likeness (QED) is 0.722. The number of carboxylic acid groups (broad SMARTS) is 1. The predicted octanol–water partition coefficient (Wildman–Crippen LogP) is 0.819. The minimum Gasteiger partial charge on any atom is -0.478 e. The second kappa shape index (κ2) is 6.29. The number of carbonyl (C=O) groups is 1. The molecule has 0 heterocycles. The van der Waals surface area contributed by atoms with Crippen LogP contribution in [0.1, 0.15) is 24.2 Å². The summed E-state index contributed by atoms with van der Waals surface area (Å²) in [7, 11) is -3.98. The Labute approximate surface area is 116 Å². The van der Waals surface area contributed by atoms with Gasteiger partial charge >= 0.3 is 5.97 Å². The highest BCUT2D eigenvalue weighted by atomic mass is 32.2. The fourth-order valence-corrected chi connectivity index (χ4v) is 2.80. The number of hydrogen-bond acceptors (Lipinski definition) is 4. The first-order chi connectivity index (χ1) is 9.19. The Balaban J connectivity index is 3.10. The number of aliphatic hydroxyl groups is 1. The first-order valence-corrected chi connectivity index (χ1v) is 7.33. The molecular formula is C12H16FNO5S. The third kappa shape index (κ3) is 3.75. The van der Waals surface area contributed by atoms with Crippen LogP contribution < -0.4 is 4.72 Å². The van der Waals surface area contributed by atoms with Gasteiger partial charge in [-0.15, -0.1) is 0 Å². The van der Waals surface area contributed by atoms with Crippen molar-refractivity contribution in [3.8, 4) is 0 Å². The van der Waals surface area contributed by atoms with Crippen LogP contribution in [0.25, 0.3) is 0 Å². The van der Waals surface area contributed by atoms with Crippen molar-refractivity contribution in [3.63, 3.8) is 0 Å². The summed E-state index contributed by atoms with van der Waals surface area (Å²) in [5.74, 6) is -2.87. The zero-order chi connectivity index (χ0) is 15.5. The maximum Gasteiger partial charge on any atom is 0.338 e. The maximum absolute atomic E-state index is 13.2. The van der Waals surface area contributed by atoms with E-state index in [1.54, 1.807) is 13.8 Å². The molecule has 0 aromatic heterocycles. The molecule has 1 rings (SSSR count). The van der Waals surface area contributed by atoms with E-state index in [2.05, 4.69) is 4.72 Å². The molecule has 0 fully saturated rings. The van der Waals surface area contributed by atoms with Crippen LogP contribution in [-0.2, 0) is 10.0 Å². The summed E-state index contributed by atoms with van der Waals surface area (Å²) in [6.45, 7) is 3.02. The minimum absolute atomic E-state index is 0.201. The average molecular weight is 305 g/mol. The molecule has 0 saturated carbocycles. The van der Waals surface area contributed by atoms with Gasteiger partial charge in [0.15, 0.2) is 0 Å². The molecule has 0 aliphatic carbocycles. The fraction of sp³-hybridized carbons (Fsp3) is 0.417. The van der Waals surface area contributed by atoms with Crippen LogP contribution in [0, 0.1) is 11.7 Å². The van der Waals surface area contributed by atoms with Gasteiger partial charge in [0.05, 0.1) is 10.5 Å². The van der Waals surface area contributed by atoms with Crippen LogP contribution in [-0.4, -0.2) is 37.2 Å². The molecule has 0 bridgehead atoms. The third-order valence-electron chi connectivity index (χ3n) is 2.96. The molecule has 0 saturated heterocycles. The van der Waals surface area contributed by atoms with E-state index in [0.717, 1.165) is 18.2 Å². The summed E-state index contributed by atoms with van der Waals surface area (Å²) >= 11 is 0. The molecule has 8 heteroatoms. The fourth-order valence-electron chi connectivity index (χ4n) is 1.42. The van der Waals surface area contributed by atoms with Gasteiger partial charge in [-0.3, -0.25) is 0 Å². The van der Waals surface area contributed by atoms with Crippen LogP contribution in [0.5, 0.6) is 0 Å². The van der Waals surface area contributed by atoms with Gasteiger partial charge in [-0.2, -0.15) is 0 Å². The van der Waals surface area contributed by atoms with E-state index in [9.17, 15) is 17.6 Å². The molecule has 2 atom stereocenters. The normalized spacial score (nSPS) is 14.8. The summed E-state index contributed by atoms with van der Waals surface area (Å²) in [6.07, 6.45) is 0. The van der Waals surface area contributed by atoms with Crippen LogP contribution in [0.15, 0.2) is 23.1 Å². The Morgan fingerprint density at radius 2 is 2.00 bits per heavy atom. The first kappa shape index (κ1) is 16.5. The summed E-state index contributed by atoms with van der Waals surface area (Å²) in [5.41, 5.74) is -0.712. The van der Waals surface area contributed by atoms with Gasteiger partial charge in [-0.1, -0.05) is 6.92 Å². The summed E-state index contributed by atoms with van der Waals surface area (Å²) in [4.78, 5) is 10.4. The van der Waals surface area contributed by atoms with Crippen LogP contribution in [0.3, 0.4) is 0 Å². The summed E-state index contributed by atoms with van der Waals surface area (Å²) < 4.78 is 39.6. The largest absolute Gasteiger partial charge is 0.478 e. The zero-order valence-electron chi connectivity index (χ0n) is 11.0. The molecular weight excluding hydrogens is 289 g/mol. The molecule has 0 aliphatic rings. The van der Waals surface area contributed by atoms with E-state index in [1.165, 1.54) is 0 Å². The second-order valence-corrected chi connectivity index (χ2v) is 6.23. The van der Waals surface area contributed by atoms with E-state index in [-0.39, 0.29) is 17.4 Å². The summed E-state index contributed by atoms with van der Waals surface area (Å²) in [6, 6.07) is 1.98. The Morgan fingerprint density at radius 3 is 2.50 bits per heavy atom. The molecule has 1 aromatic carbocycles. The Morgan fingerprint density at radius 1 is 1.40 bits per heavy atom. The smallest absolute Gasteiger partial charge is 0.338 e. The number of carboxylic acids is 1. The highest BCUT2D eigenvalue weighted by Crippen LogP contribution is 2.16. The maximum atomic E-state index is 13.2. The van der Waals surface area contributed by atoms with Gasteiger partial charge in [-0.25, -0.2) is 22.3 Å². The van der Waals surface area contributed by atoms with E-state index in [1.807, 2.05) is 0 Å². The predicted molar refractivity (Wildman–Crippen MR) is 69.4 cm³/mol. The molecule has 0 spiro atoms. The molecule has 3 N–H and O–H groups in total. The zero-order valence-corrected chi connectivity index (χ0v) is 11.8. The molecule has 0 radical (unpaired) electrons. The van der Waals surface area contributed by atoms with Gasteiger partial charge in [0.2, 0.25) is 10.0 Å². The molecule has 2 unspecified atom stereocenters. The van der Waals surface area contributed by atoms with Crippen molar-refractivity contribution in [1.29, 1.82) is 0 Å². The monoisotopic (exact) mass is 305 g/mol. The van der Waals surface area contributed by atoms with Crippen molar-refractivity contribution in [2.75, 3.05) is 6.61 Å². The van der Waals surface area contributed by atoms with Crippen LogP contribution in [0.2, 0.25) is 0 Å². The Hall–Kier alpha value is -1.51. The van der Waals surface area contributed by atoms with E-state index >= 15 is 0 Å². The standard InChI is InChI=1S/C12H16FNO5S/c1-7(6-15)8(2)14-20(18,19)9-3-4-11(13)10(5-9)12(16)17/h3-5,7-8,14-15H,6H2,1-2H3,(H,16,17). The SMILES string of the molecule is CC(CO)C(C)NS(=O)(=O)c1ccc(F)c(C(=O)O)c1. The van der Waals surface area contributed by atoms with Crippen molar-refractivity contribution in [1.82, 2.24) is 4.72 Å². The number of sulfonamides is 1. The van der Waals surface area contributed by atoms with Crippen LogP contribution in [0.4, 0.5) is 4.39 Å². The lowest BCUT2D eigenvalue weighted by Crippen LogP contribution is -2.38. The number of halogens is 1. The molecule has 1 aromatic rings. The lowest BCUT2D eigenvalue weighted by Gasteiger charge is -2.19. The van der Waals surface area contributed by atoms with E-state index in [4.69, 9.17) is 10.2 Å². The van der Waals surface area contributed by atoms with E-state index in [0.29, 0.717) is 0 Å². The number of aromatic carboxylic acids is 1. The molecule has 0 aliphatic heterocycles. The van der Waals surface area contributed by atoms with E-state index < -0.39 is 33.4 Å². The number of aliphatic hydroxyl groups excluding tert-OH is 1. The lowest BCUT2D eigenvalue weighted by molar-refractivity contribution is 0.0691. The number of benzene rings is 1. The van der Waals surface area contributed by atoms with Gasteiger partial charge in [0, 0.05) is 12.6 Å². The van der Waals surface area contributed by atoms with Gasteiger partial charge in [0.1, 0.15) is 5.82 Å². The molecule has 20 heavy (non-hydrogen) atoms. The highest BCUT2D eigenvalue weighted by molar-refractivity contribution is 7.89. The number of rotatable bonds is 6. The number of nitrogens with one attached hydrogen (secondary N) is 1. The summed E-state index contributed by atoms with van der Waals surface area (Å²) in [5, 5.41) is 17.7. The van der Waals surface area contributed by atoms with Gasteiger partial charge in [-0.05, 0) is 31.0 Å². The first-order valence-electron chi connectivity index (χ1n) is 5.85. The minimum atomic E-state index is -3.98. The van der Waals surface area contributed by atoms with Crippen molar-refractivity contribution >= 4 is 16.0 Å². The topological polar surface area (TPSA) is 104 Å². The van der Waals surface area contributed by atoms with Crippen molar-refractivity contribution in [2.24, 2.45) is 5.92 Å². The lowest BCUT2D eigenvalue weighted by atomic mass is 10.1. The van der Waals surface area contributed by atoms with Crippen molar-refractivity contribution in [2.45, 2.75) is 24.8 Å². The Bertz CT molecular complexity index is 602.